The first-order valence-corrected chi connectivity index (χ1v) is 9.47. The van der Waals surface area contributed by atoms with E-state index in [9.17, 15) is 4.79 Å². The van der Waals surface area contributed by atoms with Crippen molar-refractivity contribution in [2.24, 2.45) is 0 Å². The molecule has 4 rings (SSSR count). The fourth-order valence-electron chi connectivity index (χ4n) is 4.11. The summed E-state index contributed by atoms with van der Waals surface area (Å²) in [6.07, 6.45) is 7.82. The minimum absolute atomic E-state index is 0.0198. The average molecular weight is 354 g/mol. The number of rotatable bonds is 4. The molecule has 2 saturated heterocycles. The van der Waals surface area contributed by atoms with Gasteiger partial charge in [0.1, 0.15) is 5.82 Å². The zero-order chi connectivity index (χ0) is 17.9. The van der Waals surface area contributed by atoms with Crippen molar-refractivity contribution in [3.8, 4) is 5.69 Å². The number of amides is 1. The summed E-state index contributed by atoms with van der Waals surface area (Å²) < 4.78 is 7.49. The molecule has 6 heteroatoms. The molecule has 2 aliphatic rings. The van der Waals surface area contributed by atoms with E-state index < -0.39 is 0 Å². The van der Waals surface area contributed by atoms with Gasteiger partial charge in [-0.25, -0.2) is 4.98 Å². The zero-order valence-electron chi connectivity index (χ0n) is 15.2. The largest absolute Gasteiger partial charge is 0.381 e. The first-order chi connectivity index (χ1) is 12.7. The van der Waals surface area contributed by atoms with Crippen LogP contribution in [0, 0.1) is 6.92 Å². The fourth-order valence-corrected chi connectivity index (χ4v) is 4.11. The maximum Gasteiger partial charge on any atom is 0.241 e. The second-order valence-corrected chi connectivity index (χ2v) is 7.12. The third-order valence-corrected chi connectivity index (χ3v) is 5.50. The highest BCUT2D eigenvalue weighted by Crippen LogP contribution is 2.26. The number of nitrogens with zero attached hydrogens (tertiary/aromatic N) is 3. The van der Waals surface area contributed by atoms with Crippen molar-refractivity contribution in [1.29, 1.82) is 0 Å². The van der Waals surface area contributed by atoms with Crippen molar-refractivity contribution in [2.45, 2.75) is 44.7 Å². The van der Waals surface area contributed by atoms with E-state index in [4.69, 9.17) is 4.74 Å². The number of hydrogen-bond donors (Lipinski definition) is 1. The average Bonchev–Trinajstić information content (AvgIpc) is 3.32. The Morgan fingerprint density at radius 2 is 1.96 bits per heavy atom. The molecule has 2 aromatic rings. The van der Waals surface area contributed by atoms with E-state index in [2.05, 4.69) is 15.2 Å². The normalized spacial score (nSPS) is 21.8. The lowest BCUT2D eigenvalue weighted by molar-refractivity contribution is -0.121. The lowest BCUT2D eigenvalue weighted by atomic mass is 10.1. The molecule has 26 heavy (non-hydrogen) atoms. The predicted octanol–water partition coefficient (Wildman–Crippen LogP) is 2.76. The molecule has 1 N–H and O–H groups in total. The Labute approximate surface area is 154 Å². The van der Waals surface area contributed by atoms with Gasteiger partial charge in [0.2, 0.25) is 5.91 Å². The number of nitrogens with one attached hydrogen (secondary N) is 1. The lowest BCUT2D eigenvalue weighted by Gasteiger charge is -2.34. The molecule has 1 atom stereocenters. The van der Waals surface area contributed by atoms with E-state index in [1.165, 1.54) is 0 Å². The highest BCUT2D eigenvalue weighted by atomic mass is 16.5. The molecular weight excluding hydrogens is 328 g/mol. The lowest BCUT2D eigenvalue weighted by Crippen LogP contribution is -2.47. The molecule has 6 nitrogen and oxygen atoms in total. The van der Waals surface area contributed by atoms with Crippen LogP contribution in [0.3, 0.4) is 0 Å². The van der Waals surface area contributed by atoms with Crippen LogP contribution in [-0.4, -0.2) is 52.2 Å². The van der Waals surface area contributed by atoms with E-state index in [0.29, 0.717) is 6.04 Å². The van der Waals surface area contributed by atoms with Crippen LogP contribution in [-0.2, 0) is 9.53 Å². The highest BCUT2D eigenvalue weighted by Gasteiger charge is 2.35. The molecule has 0 aliphatic carbocycles. The number of ether oxygens (including phenoxy) is 1. The quantitative estimate of drug-likeness (QED) is 0.917. The summed E-state index contributed by atoms with van der Waals surface area (Å²) in [5.41, 5.74) is 1.89. The van der Waals surface area contributed by atoms with E-state index in [1.807, 2.05) is 42.0 Å². The predicted molar refractivity (Wildman–Crippen MR) is 100 cm³/mol. The molecule has 0 spiro atoms. The minimum Gasteiger partial charge on any atom is -0.381 e. The van der Waals surface area contributed by atoms with E-state index in [-0.39, 0.29) is 11.9 Å². The van der Waals surface area contributed by atoms with E-state index >= 15 is 0 Å². The molecule has 3 heterocycles. The van der Waals surface area contributed by atoms with Gasteiger partial charge in [-0.3, -0.25) is 9.69 Å². The van der Waals surface area contributed by atoms with Crippen molar-refractivity contribution in [1.82, 2.24) is 14.5 Å². The molecule has 0 saturated carbocycles. The second-order valence-electron chi connectivity index (χ2n) is 7.12. The highest BCUT2D eigenvalue weighted by molar-refractivity contribution is 5.95. The van der Waals surface area contributed by atoms with Crippen LogP contribution in [0.25, 0.3) is 5.69 Å². The van der Waals surface area contributed by atoms with Gasteiger partial charge >= 0.3 is 0 Å². The molecule has 0 bridgehead atoms. The van der Waals surface area contributed by atoms with Crippen molar-refractivity contribution in [3.05, 3.63) is 42.5 Å². The molecule has 2 fully saturated rings. The van der Waals surface area contributed by atoms with Gasteiger partial charge < -0.3 is 14.6 Å². The number of benzene rings is 1. The SMILES string of the molecule is Cc1nccn1-c1ccc(NC(=O)C2CCCN2C2CCOCC2)cc1. The van der Waals surface area contributed by atoms with Crippen molar-refractivity contribution < 1.29 is 9.53 Å². The van der Waals surface area contributed by atoms with Crippen LogP contribution in [0.2, 0.25) is 0 Å². The molecule has 1 aromatic carbocycles. The Hall–Kier alpha value is -2.18. The Morgan fingerprint density at radius 3 is 2.65 bits per heavy atom. The molecule has 2 aliphatic heterocycles. The summed E-state index contributed by atoms with van der Waals surface area (Å²) in [6, 6.07) is 8.40. The van der Waals surface area contributed by atoms with Gasteiger partial charge in [-0.15, -0.1) is 0 Å². The smallest absolute Gasteiger partial charge is 0.241 e. The third-order valence-electron chi connectivity index (χ3n) is 5.50. The Balaban J connectivity index is 1.41. The maximum absolute atomic E-state index is 12.8. The Bertz CT molecular complexity index is 749. The number of carbonyl (C=O) groups is 1. The monoisotopic (exact) mass is 354 g/mol. The van der Waals surface area contributed by atoms with Gasteiger partial charge in [-0.2, -0.15) is 0 Å². The first-order valence-electron chi connectivity index (χ1n) is 9.47. The van der Waals surface area contributed by atoms with Crippen molar-refractivity contribution in [3.63, 3.8) is 0 Å². The van der Waals surface area contributed by atoms with Gasteiger partial charge in [-0.1, -0.05) is 0 Å². The molecular formula is C20H26N4O2. The van der Waals surface area contributed by atoms with Crippen LogP contribution in [0.5, 0.6) is 0 Å². The molecule has 1 amide bonds. The number of hydrogen-bond acceptors (Lipinski definition) is 4. The summed E-state index contributed by atoms with van der Waals surface area (Å²) >= 11 is 0. The number of aromatic nitrogens is 2. The van der Waals surface area contributed by atoms with E-state index in [1.54, 1.807) is 6.20 Å². The second kappa shape index (κ2) is 7.60. The summed E-state index contributed by atoms with van der Waals surface area (Å²) in [5, 5.41) is 3.10. The fraction of sp³-hybridized carbons (Fsp3) is 0.500. The van der Waals surface area contributed by atoms with Gasteiger partial charge in [0.15, 0.2) is 0 Å². The zero-order valence-corrected chi connectivity index (χ0v) is 15.2. The summed E-state index contributed by atoms with van der Waals surface area (Å²) in [5.74, 6) is 1.06. The number of anilines is 1. The van der Waals surface area contributed by atoms with Crippen LogP contribution < -0.4 is 5.32 Å². The van der Waals surface area contributed by atoms with Crippen LogP contribution in [0.4, 0.5) is 5.69 Å². The van der Waals surface area contributed by atoms with Gasteiger partial charge in [0, 0.05) is 43.0 Å². The van der Waals surface area contributed by atoms with Gasteiger partial charge in [0.25, 0.3) is 0 Å². The number of imidazole rings is 1. The Kier molecular flexibility index (Phi) is 5.04. The number of likely N-dealkylation sites (tertiary alicyclic amines) is 1. The van der Waals surface area contributed by atoms with Gasteiger partial charge in [-0.05, 0) is 63.4 Å². The van der Waals surface area contributed by atoms with Crippen LogP contribution in [0.1, 0.15) is 31.5 Å². The Morgan fingerprint density at radius 1 is 1.19 bits per heavy atom. The molecule has 1 unspecified atom stereocenters. The third kappa shape index (κ3) is 3.52. The maximum atomic E-state index is 12.8. The topological polar surface area (TPSA) is 59.4 Å². The van der Waals surface area contributed by atoms with E-state index in [0.717, 1.165) is 62.6 Å². The van der Waals surface area contributed by atoms with Gasteiger partial charge in [0.05, 0.1) is 6.04 Å². The summed E-state index contributed by atoms with van der Waals surface area (Å²) in [4.78, 5) is 19.5. The standard InChI is InChI=1S/C20H26N4O2/c1-15-21-10-12-23(15)17-6-4-16(5-7-17)22-20(25)19-3-2-11-24(19)18-8-13-26-14-9-18/h4-7,10,12,18-19H,2-3,8-9,11,13-14H2,1H3,(H,22,25). The summed E-state index contributed by atoms with van der Waals surface area (Å²) in [6.45, 7) is 4.61. The molecule has 0 radical (unpaired) electrons. The first kappa shape index (κ1) is 17.2. The van der Waals surface area contributed by atoms with Crippen LogP contribution >= 0.6 is 0 Å². The van der Waals surface area contributed by atoms with Crippen molar-refractivity contribution in [2.75, 3.05) is 25.1 Å². The van der Waals surface area contributed by atoms with Crippen LogP contribution in [0.15, 0.2) is 36.7 Å². The number of aryl methyl sites for hydroxylation is 1. The summed E-state index contributed by atoms with van der Waals surface area (Å²) in [7, 11) is 0. The number of carbonyl (C=O) groups excluding carboxylic acids is 1. The molecule has 138 valence electrons. The van der Waals surface area contributed by atoms with Crippen molar-refractivity contribution >= 4 is 11.6 Å². The minimum atomic E-state index is -0.0198. The molecule has 1 aromatic heterocycles.